The van der Waals surface area contributed by atoms with Crippen molar-refractivity contribution in [3.63, 3.8) is 0 Å². The minimum Gasteiger partial charge on any atom is -0.508 e. The van der Waals surface area contributed by atoms with E-state index in [-0.39, 0.29) is 5.75 Å². The van der Waals surface area contributed by atoms with Gasteiger partial charge in [-0.25, -0.2) is 4.98 Å². The zero-order valence-electron chi connectivity index (χ0n) is 13.0. The Kier molecular flexibility index (Phi) is 3.60. The molecule has 2 N–H and O–H groups in total. The molecule has 0 aliphatic carbocycles. The molecule has 0 aliphatic heterocycles. The highest BCUT2D eigenvalue weighted by molar-refractivity contribution is 6.02. The molecule has 1 aromatic heterocycles. The maximum atomic E-state index is 9.41. The molecule has 0 saturated heterocycles. The Balaban J connectivity index is 1.82. The fourth-order valence-corrected chi connectivity index (χ4v) is 2.82. The second-order valence-corrected chi connectivity index (χ2v) is 5.60. The van der Waals surface area contributed by atoms with Crippen molar-refractivity contribution in [3.05, 3.63) is 85.1 Å². The van der Waals surface area contributed by atoms with Crippen LogP contribution in [0.5, 0.6) is 5.75 Å². The lowest BCUT2D eigenvalue weighted by atomic mass is 10.0. The van der Waals surface area contributed by atoms with Crippen LogP contribution >= 0.6 is 0 Å². The molecule has 0 atom stereocenters. The molecule has 0 radical (unpaired) electrons. The molecule has 3 heteroatoms. The van der Waals surface area contributed by atoms with E-state index in [4.69, 9.17) is 0 Å². The first kappa shape index (κ1) is 14.3. The topological polar surface area (TPSA) is 45.1 Å². The summed E-state index contributed by atoms with van der Waals surface area (Å²) in [7, 11) is 0. The number of hydrogen-bond donors (Lipinski definition) is 2. The summed E-state index contributed by atoms with van der Waals surface area (Å²) in [4.78, 5) is 4.63. The van der Waals surface area contributed by atoms with Crippen LogP contribution < -0.4 is 5.32 Å². The van der Waals surface area contributed by atoms with E-state index in [1.165, 1.54) is 0 Å². The third-order valence-electron chi connectivity index (χ3n) is 4.01. The van der Waals surface area contributed by atoms with Gasteiger partial charge in [0.25, 0.3) is 0 Å². The number of pyridine rings is 1. The van der Waals surface area contributed by atoms with Gasteiger partial charge in [-0.15, -0.1) is 0 Å². The van der Waals surface area contributed by atoms with Gasteiger partial charge in [0.2, 0.25) is 0 Å². The minimum atomic E-state index is 0.248. The standard InChI is InChI=1S/C21H16N2O/c24-17-12-10-16(11-13-17)23-21-19-9-5-4-8-18(19)20(14-22-21)15-6-2-1-3-7-15/h1-14,24H,(H,22,23). The van der Waals surface area contributed by atoms with E-state index in [1.807, 2.05) is 48.7 Å². The van der Waals surface area contributed by atoms with Crippen molar-refractivity contribution in [2.75, 3.05) is 5.32 Å². The highest BCUT2D eigenvalue weighted by atomic mass is 16.3. The number of hydrogen-bond acceptors (Lipinski definition) is 3. The van der Waals surface area contributed by atoms with Gasteiger partial charge in [-0.2, -0.15) is 0 Å². The van der Waals surface area contributed by atoms with Gasteiger partial charge in [-0.1, -0.05) is 54.6 Å². The van der Waals surface area contributed by atoms with Crippen LogP contribution in [0.2, 0.25) is 0 Å². The number of phenolic OH excluding ortho intramolecular Hbond substituents is 1. The second-order valence-electron chi connectivity index (χ2n) is 5.60. The zero-order chi connectivity index (χ0) is 16.4. The fraction of sp³-hybridized carbons (Fsp3) is 0. The van der Waals surface area contributed by atoms with Gasteiger partial charge in [-0.05, 0) is 35.2 Å². The summed E-state index contributed by atoms with van der Waals surface area (Å²) in [6.45, 7) is 0. The fourth-order valence-electron chi connectivity index (χ4n) is 2.82. The predicted molar refractivity (Wildman–Crippen MR) is 98.6 cm³/mol. The summed E-state index contributed by atoms with van der Waals surface area (Å²) >= 11 is 0. The Labute approximate surface area is 140 Å². The van der Waals surface area contributed by atoms with E-state index >= 15 is 0 Å². The Morgan fingerprint density at radius 1 is 0.708 bits per heavy atom. The first-order valence-electron chi connectivity index (χ1n) is 7.80. The number of nitrogens with zero attached hydrogens (tertiary/aromatic N) is 1. The van der Waals surface area contributed by atoms with Gasteiger partial charge in [0, 0.05) is 22.8 Å². The lowest BCUT2D eigenvalue weighted by Gasteiger charge is -2.12. The lowest BCUT2D eigenvalue weighted by molar-refractivity contribution is 0.475. The van der Waals surface area contributed by atoms with Gasteiger partial charge >= 0.3 is 0 Å². The van der Waals surface area contributed by atoms with E-state index in [9.17, 15) is 5.11 Å². The number of nitrogens with one attached hydrogen (secondary N) is 1. The van der Waals surface area contributed by atoms with E-state index < -0.39 is 0 Å². The Morgan fingerprint density at radius 3 is 2.12 bits per heavy atom. The molecule has 0 saturated carbocycles. The Hall–Kier alpha value is -3.33. The van der Waals surface area contributed by atoms with Crippen LogP contribution in [-0.2, 0) is 0 Å². The first-order valence-corrected chi connectivity index (χ1v) is 7.80. The summed E-state index contributed by atoms with van der Waals surface area (Å²) in [5.74, 6) is 1.05. The van der Waals surface area contributed by atoms with Crippen LogP contribution in [-0.4, -0.2) is 10.1 Å². The number of phenols is 1. The zero-order valence-corrected chi connectivity index (χ0v) is 13.0. The van der Waals surface area contributed by atoms with E-state index in [0.29, 0.717) is 0 Å². The van der Waals surface area contributed by atoms with Gasteiger partial charge in [0.1, 0.15) is 11.6 Å². The van der Waals surface area contributed by atoms with Crippen LogP contribution in [0, 0.1) is 0 Å². The quantitative estimate of drug-likeness (QED) is 0.501. The number of rotatable bonds is 3. The number of anilines is 2. The number of aromatic hydroxyl groups is 1. The van der Waals surface area contributed by atoms with Crippen molar-refractivity contribution < 1.29 is 5.11 Å². The molecule has 3 aromatic carbocycles. The number of aromatic nitrogens is 1. The highest BCUT2D eigenvalue weighted by Crippen LogP contribution is 2.32. The molecule has 0 amide bonds. The summed E-state index contributed by atoms with van der Waals surface area (Å²) in [5.41, 5.74) is 3.15. The molecule has 0 aliphatic rings. The third kappa shape index (κ3) is 2.68. The monoisotopic (exact) mass is 312 g/mol. The van der Waals surface area contributed by atoms with E-state index in [1.54, 1.807) is 12.1 Å². The minimum absolute atomic E-state index is 0.248. The van der Waals surface area contributed by atoms with Crippen molar-refractivity contribution in [3.8, 4) is 16.9 Å². The molecule has 0 spiro atoms. The van der Waals surface area contributed by atoms with Gasteiger partial charge in [0.15, 0.2) is 0 Å². The van der Waals surface area contributed by atoms with E-state index in [0.717, 1.165) is 33.4 Å². The molecule has 116 valence electrons. The van der Waals surface area contributed by atoms with Crippen LogP contribution in [0.15, 0.2) is 85.1 Å². The van der Waals surface area contributed by atoms with E-state index in [2.05, 4.69) is 34.6 Å². The van der Waals surface area contributed by atoms with Crippen LogP contribution in [0.1, 0.15) is 0 Å². The molecule has 24 heavy (non-hydrogen) atoms. The maximum absolute atomic E-state index is 9.41. The smallest absolute Gasteiger partial charge is 0.138 e. The molecule has 0 unspecified atom stereocenters. The summed E-state index contributed by atoms with van der Waals surface area (Å²) < 4.78 is 0. The number of fused-ring (bicyclic) bond motifs is 1. The summed E-state index contributed by atoms with van der Waals surface area (Å²) in [6, 6.07) is 25.5. The largest absolute Gasteiger partial charge is 0.508 e. The van der Waals surface area contributed by atoms with Gasteiger partial charge in [0.05, 0.1) is 0 Å². The van der Waals surface area contributed by atoms with Crippen molar-refractivity contribution >= 4 is 22.3 Å². The number of benzene rings is 3. The van der Waals surface area contributed by atoms with Crippen molar-refractivity contribution in [1.82, 2.24) is 4.98 Å². The summed E-state index contributed by atoms with van der Waals surface area (Å²) in [5, 5.41) is 15.0. The molecule has 0 bridgehead atoms. The molecular weight excluding hydrogens is 296 g/mol. The van der Waals surface area contributed by atoms with Gasteiger partial charge < -0.3 is 10.4 Å². The van der Waals surface area contributed by atoms with Crippen molar-refractivity contribution in [2.24, 2.45) is 0 Å². The van der Waals surface area contributed by atoms with Crippen molar-refractivity contribution in [1.29, 1.82) is 0 Å². The average Bonchev–Trinajstić information content (AvgIpc) is 2.64. The average molecular weight is 312 g/mol. The highest BCUT2D eigenvalue weighted by Gasteiger charge is 2.09. The predicted octanol–water partition coefficient (Wildman–Crippen LogP) is 5.35. The molecule has 4 rings (SSSR count). The molecule has 3 nitrogen and oxygen atoms in total. The SMILES string of the molecule is Oc1ccc(Nc2ncc(-c3ccccc3)c3ccccc23)cc1. The molecule has 1 heterocycles. The van der Waals surface area contributed by atoms with Crippen molar-refractivity contribution in [2.45, 2.75) is 0 Å². The summed E-state index contributed by atoms with van der Waals surface area (Å²) in [6.07, 6.45) is 1.90. The Morgan fingerprint density at radius 2 is 1.38 bits per heavy atom. The Bertz CT molecular complexity index is 980. The van der Waals surface area contributed by atoms with Crippen LogP contribution in [0.3, 0.4) is 0 Å². The second kappa shape index (κ2) is 6.05. The molecular formula is C21H16N2O. The first-order chi connectivity index (χ1) is 11.8. The normalized spacial score (nSPS) is 10.7. The van der Waals surface area contributed by atoms with Crippen LogP contribution in [0.4, 0.5) is 11.5 Å². The van der Waals surface area contributed by atoms with Crippen LogP contribution in [0.25, 0.3) is 21.9 Å². The molecule has 4 aromatic rings. The third-order valence-corrected chi connectivity index (χ3v) is 4.01. The molecule has 0 fully saturated rings. The lowest BCUT2D eigenvalue weighted by Crippen LogP contribution is -1.95. The maximum Gasteiger partial charge on any atom is 0.138 e. The van der Waals surface area contributed by atoms with Gasteiger partial charge in [-0.3, -0.25) is 0 Å².